The van der Waals surface area contributed by atoms with Crippen LogP contribution in [0.4, 0.5) is 4.39 Å². The number of hydrogen-bond acceptors (Lipinski definition) is 3. The summed E-state index contributed by atoms with van der Waals surface area (Å²) in [5.41, 5.74) is 5.21. The van der Waals surface area contributed by atoms with Crippen LogP contribution in [0.25, 0.3) is 10.9 Å². The summed E-state index contributed by atoms with van der Waals surface area (Å²) < 4.78 is 20.8. The molecule has 0 saturated heterocycles. The van der Waals surface area contributed by atoms with Crippen LogP contribution >= 0.6 is 11.6 Å². The number of aromatic nitrogens is 1. The fraction of sp³-hybridized carbons (Fsp3) is 0.0833. The van der Waals surface area contributed by atoms with Crippen LogP contribution in [0.5, 0.6) is 5.75 Å². The van der Waals surface area contributed by atoms with E-state index in [1.165, 1.54) is 12.1 Å². The van der Waals surface area contributed by atoms with Gasteiger partial charge in [-0.1, -0.05) is 29.8 Å². The summed E-state index contributed by atoms with van der Waals surface area (Å²) in [6.45, 7) is 0.430. The lowest BCUT2D eigenvalue weighted by molar-refractivity contribution is -0.123. The molecule has 3 aromatic carbocycles. The monoisotopic (exact) mass is 435 g/mol. The van der Waals surface area contributed by atoms with Crippen molar-refractivity contribution >= 4 is 34.6 Å². The number of fused-ring (bicyclic) bond motifs is 1. The van der Waals surface area contributed by atoms with E-state index in [-0.39, 0.29) is 18.3 Å². The Kier molecular flexibility index (Phi) is 6.29. The fourth-order valence-electron chi connectivity index (χ4n) is 3.16. The van der Waals surface area contributed by atoms with Gasteiger partial charge in [-0.2, -0.15) is 5.10 Å². The third-order valence-corrected chi connectivity index (χ3v) is 4.88. The summed E-state index contributed by atoms with van der Waals surface area (Å²) in [6, 6.07) is 21.2. The summed E-state index contributed by atoms with van der Waals surface area (Å²) in [4.78, 5) is 11.9. The van der Waals surface area contributed by atoms with Crippen LogP contribution in [0, 0.1) is 5.82 Å². The third-order valence-electron chi connectivity index (χ3n) is 4.62. The maximum Gasteiger partial charge on any atom is 0.277 e. The molecular weight excluding hydrogens is 417 g/mol. The van der Waals surface area contributed by atoms with Gasteiger partial charge in [-0.3, -0.25) is 4.79 Å². The van der Waals surface area contributed by atoms with Crippen molar-refractivity contribution in [3.8, 4) is 5.75 Å². The van der Waals surface area contributed by atoms with Gasteiger partial charge in [0.1, 0.15) is 11.6 Å². The molecule has 31 heavy (non-hydrogen) atoms. The molecule has 4 rings (SSSR count). The summed E-state index contributed by atoms with van der Waals surface area (Å²) in [5, 5.41) is 5.61. The van der Waals surface area contributed by atoms with E-state index >= 15 is 0 Å². The summed E-state index contributed by atoms with van der Waals surface area (Å²) in [5.74, 6) is -0.0571. The molecular formula is C24H19ClFN3O2. The molecule has 5 nitrogen and oxygen atoms in total. The SMILES string of the molecule is O=C(COc1ccc(Cl)cc1)N/N=C/c1ccc2c(ccn2Cc2cccc(F)c2)c1. The molecule has 0 fully saturated rings. The molecule has 0 radical (unpaired) electrons. The van der Waals surface area contributed by atoms with Crippen LogP contribution < -0.4 is 10.2 Å². The lowest BCUT2D eigenvalue weighted by atomic mass is 10.1. The Hall–Kier alpha value is -3.64. The first-order chi connectivity index (χ1) is 15.1. The number of nitrogens with zero attached hydrogens (tertiary/aromatic N) is 2. The molecule has 0 unspecified atom stereocenters. The van der Waals surface area contributed by atoms with E-state index in [0.717, 1.165) is 22.0 Å². The highest BCUT2D eigenvalue weighted by Crippen LogP contribution is 2.19. The third kappa shape index (κ3) is 5.49. The number of carbonyl (C=O) groups excluding carboxylic acids is 1. The van der Waals surface area contributed by atoms with Crippen molar-refractivity contribution in [2.45, 2.75) is 6.54 Å². The Balaban J connectivity index is 1.34. The molecule has 0 aliphatic carbocycles. The van der Waals surface area contributed by atoms with Gasteiger partial charge >= 0.3 is 0 Å². The second kappa shape index (κ2) is 9.45. The van der Waals surface area contributed by atoms with Gasteiger partial charge in [0.25, 0.3) is 5.91 Å². The minimum atomic E-state index is -0.367. The fourth-order valence-corrected chi connectivity index (χ4v) is 3.29. The topological polar surface area (TPSA) is 55.6 Å². The van der Waals surface area contributed by atoms with Gasteiger partial charge in [0.2, 0.25) is 0 Å². The van der Waals surface area contributed by atoms with Crippen molar-refractivity contribution in [2.75, 3.05) is 6.61 Å². The maximum absolute atomic E-state index is 13.4. The summed E-state index contributed by atoms with van der Waals surface area (Å²) in [6.07, 6.45) is 3.54. The van der Waals surface area contributed by atoms with Crippen LogP contribution in [-0.4, -0.2) is 23.3 Å². The van der Waals surface area contributed by atoms with E-state index in [1.807, 2.05) is 36.5 Å². The van der Waals surface area contributed by atoms with Crippen LogP contribution in [0.15, 0.2) is 84.1 Å². The predicted octanol–water partition coefficient (Wildman–Crippen LogP) is 5.01. The molecule has 0 aliphatic heterocycles. The van der Waals surface area contributed by atoms with Crippen molar-refractivity contribution in [3.05, 3.63) is 101 Å². The molecule has 0 saturated carbocycles. The van der Waals surface area contributed by atoms with Crippen molar-refractivity contribution in [2.24, 2.45) is 5.10 Å². The molecule has 0 spiro atoms. The summed E-state index contributed by atoms with van der Waals surface area (Å²) >= 11 is 5.81. The van der Waals surface area contributed by atoms with Crippen molar-refractivity contribution in [1.82, 2.24) is 9.99 Å². The van der Waals surface area contributed by atoms with Gasteiger partial charge in [0.05, 0.1) is 6.21 Å². The molecule has 1 N–H and O–H groups in total. The van der Waals surface area contributed by atoms with E-state index in [0.29, 0.717) is 17.3 Å². The minimum Gasteiger partial charge on any atom is -0.484 e. The second-order valence-corrected chi connectivity index (χ2v) is 7.36. The average Bonchev–Trinajstić information content (AvgIpc) is 3.15. The van der Waals surface area contributed by atoms with Crippen LogP contribution in [-0.2, 0) is 11.3 Å². The van der Waals surface area contributed by atoms with Crippen molar-refractivity contribution in [1.29, 1.82) is 0 Å². The zero-order valence-corrected chi connectivity index (χ0v) is 17.2. The molecule has 7 heteroatoms. The Morgan fingerprint density at radius 1 is 1.10 bits per heavy atom. The number of benzene rings is 3. The highest BCUT2D eigenvalue weighted by molar-refractivity contribution is 6.30. The number of nitrogens with one attached hydrogen (secondary N) is 1. The smallest absolute Gasteiger partial charge is 0.277 e. The Labute approximate surface area is 183 Å². The first-order valence-electron chi connectivity index (χ1n) is 9.60. The van der Waals surface area contributed by atoms with E-state index in [9.17, 15) is 9.18 Å². The minimum absolute atomic E-state index is 0.152. The van der Waals surface area contributed by atoms with Crippen LogP contribution in [0.3, 0.4) is 0 Å². The number of hydrogen-bond donors (Lipinski definition) is 1. The number of ether oxygens (including phenoxy) is 1. The highest BCUT2D eigenvalue weighted by atomic mass is 35.5. The average molecular weight is 436 g/mol. The van der Waals surface area contributed by atoms with Gasteiger partial charge in [0.15, 0.2) is 6.61 Å². The van der Waals surface area contributed by atoms with Crippen molar-refractivity contribution < 1.29 is 13.9 Å². The molecule has 156 valence electrons. The standard InChI is InChI=1S/C24H19ClFN3O2/c25-20-5-7-22(8-6-20)31-16-24(30)28-27-14-17-4-9-23-19(12-17)10-11-29(23)15-18-2-1-3-21(26)13-18/h1-14H,15-16H2,(H,28,30)/b27-14+. The van der Waals surface area contributed by atoms with E-state index < -0.39 is 0 Å². The van der Waals surface area contributed by atoms with Gasteiger partial charge in [-0.05, 0) is 65.7 Å². The molecule has 0 atom stereocenters. The number of carbonyl (C=O) groups is 1. The van der Waals surface area contributed by atoms with E-state index in [1.54, 1.807) is 36.5 Å². The molecule has 1 amide bonds. The number of hydrazone groups is 1. The first-order valence-corrected chi connectivity index (χ1v) is 9.98. The lowest BCUT2D eigenvalue weighted by Gasteiger charge is -2.06. The summed E-state index contributed by atoms with van der Waals surface area (Å²) in [7, 11) is 0. The van der Waals surface area contributed by atoms with Crippen molar-refractivity contribution in [3.63, 3.8) is 0 Å². The maximum atomic E-state index is 13.4. The Morgan fingerprint density at radius 2 is 1.94 bits per heavy atom. The van der Waals surface area contributed by atoms with Gasteiger partial charge < -0.3 is 9.30 Å². The zero-order chi connectivity index (χ0) is 21.6. The zero-order valence-electron chi connectivity index (χ0n) is 16.5. The first kappa shape index (κ1) is 20.6. The predicted molar refractivity (Wildman–Crippen MR) is 120 cm³/mol. The molecule has 1 heterocycles. The van der Waals surface area contributed by atoms with Crippen LogP contribution in [0.1, 0.15) is 11.1 Å². The van der Waals surface area contributed by atoms with Gasteiger partial charge in [0, 0.05) is 28.7 Å². The van der Waals surface area contributed by atoms with E-state index in [2.05, 4.69) is 15.1 Å². The normalized spacial score (nSPS) is 11.2. The van der Waals surface area contributed by atoms with Crippen LogP contribution in [0.2, 0.25) is 5.02 Å². The Morgan fingerprint density at radius 3 is 2.74 bits per heavy atom. The molecule has 0 bridgehead atoms. The number of amides is 1. The van der Waals surface area contributed by atoms with E-state index in [4.69, 9.17) is 16.3 Å². The lowest BCUT2D eigenvalue weighted by Crippen LogP contribution is -2.24. The number of rotatable bonds is 7. The van der Waals surface area contributed by atoms with Gasteiger partial charge in [-0.15, -0.1) is 0 Å². The second-order valence-electron chi connectivity index (χ2n) is 6.93. The molecule has 1 aromatic heterocycles. The highest BCUT2D eigenvalue weighted by Gasteiger charge is 2.04. The molecule has 0 aliphatic rings. The molecule has 4 aromatic rings. The number of halogens is 2. The quantitative estimate of drug-likeness (QED) is 0.327. The van der Waals surface area contributed by atoms with Gasteiger partial charge in [-0.25, -0.2) is 9.82 Å². The Bertz CT molecular complexity index is 1240. The largest absolute Gasteiger partial charge is 0.484 e.